The van der Waals surface area contributed by atoms with Crippen molar-refractivity contribution < 1.29 is 27.5 Å². The zero-order valence-electron chi connectivity index (χ0n) is 18.6. The number of nitrogens with zero attached hydrogens (tertiary/aromatic N) is 3. The van der Waals surface area contributed by atoms with Crippen molar-refractivity contribution in [2.75, 3.05) is 25.0 Å². The van der Waals surface area contributed by atoms with Crippen LogP contribution in [0.5, 0.6) is 0 Å². The average Bonchev–Trinajstić information content (AvgIpc) is 3.51. The second-order valence-electron chi connectivity index (χ2n) is 7.95. The number of fused-ring (bicyclic) bond motifs is 1. The fourth-order valence-electron chi connectivity index (χ4n) is 3.68. The maximum absolute atomic E-state index is 14.0. The highest BCUT2D eigenvalue weighted by molar-refractivity contribution is 7.12. The molecular formula is C24H22F4N4O2S. The number of carbonyl (C=O) groups excluding carboxylic acids is 1. The van der Waals surface area contributed by atoms with Crippen LogP contribution in [-0.4, -0.2) is 57.1 Å². The normalized spacial score (nSPS) is 13.5. The Labute approximate surface area is 202 Å². The highest BCUT2D eigenvalue weighted by atomic mass is 32.1. The molecule has 0 fully saturated rings. The summed E-state index contributed by atoms with van der Waals surface area (Å²) in [6.07, 6.45) is -3.53. The molecule has 184 valence electrons. The number of hydrogen-bond acceptors (Lipinski definition) is 5. The third-order valence-corrected chi connectivity index (χ3v) is 6.49. The van der Waals surface area contributed by atoms with Gasteiger partial charge in [-0.25, -0.2) is 9.07 Å². The number of thiophene rings is 1. The van der Waals surface area contributed by atoms with Crippen molar-refractivity contribution in [3.05, 3.63) is 76.9 Å². The van der Waals surface area contributed by atoms with Crippen molar-refractivity contribution in [3.8, 4) is 5.69 Å². The van der Waals surface area contributed by atoms with Crippen LogP contribution >= 0.6 is 11.3 Å². The van der Waals surface area contributed by atoms with Gasteiger partial charge >= 0.3 is 6.18 Å². The number of likely N-dealkylation sites (N-methyl/N-ethyl adjacent to an activating group) is 1. The van der Waals surface area contributed by atoms with Gasteiger partial charge in [-0.2, -0.15) is 18.3 Å². The molecule has 0 saturated heterocycles. The van der Waals surface area contributed by atoms with Crippen LogP contribution in [0.4, 0.5) is 23.2 Å². The minimum absolute atomic E-state index is 0.00482. The smallest absolute Gasteiger partial charge is 0.381 e. The molecule has 2 aromatic heterocycles. The highest BCUT2D eigenvalue weighted by Gasteiger charge is 2.55. The average molecular weight is 507 g/mol. The van der Waals surface area contributed by atoms with E-state index < -0.39 is 36.6 Å². The number of anilines is 1. The Balaban J connectivity index is 1.59. The van der Waals surface area contributed by atoms with Gasteiger partial charge in [0.2, 0.25) is 0 Å². The third-order valence-electron chi connectivity index (χ3n) is 5.64. The molecule has 0 spiro atoms. The Morgan fingerprint density at radius 3 is 2.51 bits per heavy atom. The molecule has 1 unspecified atom stereocenters. The number of amides is 1. The van der Waals surface area contributed by atoms with Crippen LogP contribution in [0.3, 0.4) is 0 Å². The lowest BCUT2D eigenvalue weighted by atomic mass is 10.0. The van der Waals surface area contributed by atoms with Gasteiger partial charge in [0.05, 0.1) is 35.4 Å². The van der Waals surface area contributed by atoms with Crippen LogP contribution in [-0.2, 0) is 0 Å². The van der Waals surface area contributed by atoms with E-state index in [0.717, 1.165) is 16.2 Å². The summed E-state index contributed by atoms with van der Waals surface area (Å²) in [5.74, 6) is -0.981. The van der Waals surface area contributed by atoms with Gasteiger partial charge < -0.3 is 15.3 Å². The van der Waals surface area contributed by atoms with Gasteiger partial charge in [-0.05, 0) is 54.8 Å². The number of nitrogens with one attached hydrogen (secondary N) is 1. The Bertz CT molecular complexity index is 1310. The van der Waals surface area contributed by atoms with E-state index in [1.54, 1.807) is 36.6 Å². The molecule has 0 bridgehead atoms. The first-order valence-electron chi connectivity index (χ1n) is 10.7. The second-order valence-corrected chi connectivity index (χ2v) is 8.90. The first-order valence-corrected chi connectivity index (χ1v) is 11.6. The molecule has 0 aliphatic rings. The second kappa shape index (κ2) is 9.67. The van der Waals surface area contributed by atoms with E-state index in [-0.39, 0.29) is 6.54 Å². The molecule has 1 atom stereocenters. The number of carbonyl (C=O) groups is 1. The van der Waals surface area contributed by atoms with E-state index in [9.17, 15) is 27.5 Å². The highest BCUT2D eigenvalue weighted by Crippen LogP contribution is 2.33. The Hall–Kier alpha value is -3.44. The number of aromatic nitrogens is 2. The molecule has 0 aliphatic carbocycles. The van der Waals surface area contributed by atoms with E-state index in [4.69, 9.17) is 0 Å². The van der Waals surface area contributed by atoms with Crippen LogP contribution in [0.1, 0.15) is 16.6 Å². The fourth-order valence-corrected chi connectivity index (χ4v) is 4.37. The van der Waals surface area contributed by atoms with E-state index in [2.05, 4.69) is 10.4 Å². The van der Waals surface area contributed by atoms with Crippen molar-refractivity contribution in [3.63, 3.8) is 0 Å². The van der Waals surface area contributed by atoms with Gasteiger partial charge in [-0.15, -0.1) is 11.3 Å². The van der Waals surface area contributed by atoms with Crippen LogP contribution in [0, 0.1) is 5.82 Å². The molecule has 2 N–H and O–H groups in total. The van der Waals surface area contributed by atoms with Crippen molar-refractivity contribution in [2.24, 2.45) is 0 Å². The van der Waals surface area contributed by atoms with Crippen molar-refractivity contribution in [2.45, 2.75) is 18.7 Å². The molecule has 2 heterocycles. The summed E-state index contributed by atoms with van der Waals surface area (Å²) in [5.41, 5.74) is -1.71. The number of hydrogen-bond donors (Lipinski definition) is 2. The van der Waals surface area contributed by atoms with Crippen LogP contribution in [0.2, 0.25) is 0 Å². The van der Waals surface area contributed by atoms with Gasteiger partial charge in [-0.1, -0.05) is 12.1 Å². The molecule has 4 rings (SSSR count). The summed E-state index contributed by atoms with van der Waals surface area (Å²) < 4.78 is 56.8. The molecular weight excluding hydrogens is 484 g/mol. The third kappa shape index (κ3) is 5.01. The lowest BCUT2D eigenvalue weighted by Crippen LogP contribution is -2.58. The number of rotatable bonds is 8. The fraction of sp³-hybridized carbons (Fsp3) is 0.250. The Morgan fingerprint density at radius 1 is 1.14 bits per heavy atom. The molecule has 1 amide bonds. The zero-order chi connectivity index (χ0) is 25.2. The monoisotopic (exact) mass is 506 g/mol. The quantitative estimate of drug-likeness (QED) is 0.327. The summed E-state index contributed by atoms with van der Waals surface area (Å²) in [6.45, 7) is -0.261. The van der Waals surface area contributed by atoms with Crippen LogP contribution in [0.15, 0.2) is 66.2 Å². The first kappa shape index (κ1) is 24.7. The summed E-state index contributed by atoms with van der Waals surface area (Å²) in [4.78, 5) is 13.9. The van der Waals surface area contributed by atoms with E-state index in [1.165, 1.54) is 41.2 Å². The molecule has 0 saturated carbocycles. The van der Waals surface area contributed by atoms with Gasteiger partial charge in [-0.3, -0.25) is 4.79 Å². The van der Waals surface area contributed by atoms with Crippen molar-refractivity contribution >= 4 is 33.8 Å². The maximum atomic E-state index is 14.0. The molecule has 6 nitrogen and oxygen atoms in total. The molecule has 4 aromatic rings. The SMILES string of the molecule is CCN(CC(O)(CNc1cccc2c1cnn2-c1ccc(F)cc1)C(F)(F)F)C(=O)c1cccs1. The van der Waals surface area contributed by atoms with E-state index in [1.807, 2.05) is 0 Å². The molecule has 0 aliphatic heterocycles. The standard InChI is InChI=1S/C24H22F4N4O2S/c1-2-31(22(33)21-7-4-12-35-21)15-23(34,24(26,27)28)14-29-19-5-3-6-20-18(19)13-30-32(20)17-10-8-16(25)9-11-17/h3-13,29,34H,2,14-15H2,1H3. The Morgan fingerprint density at radius 2 is 1.89 bits per heavy atom. The predicted molar refractivity (Wildman–Crippen MR) is 126 cm³/mol. The molecule has 0 radical (unpaired) electrons. The van der Waals surface area contributed by atoms with E-state index in [0.29, 0.717) is 27.2 Å². The summed E-state index contributed by atoms with van der Waals surface area (Å²) in [5, 5.41) is 19.9. The summed E-state index contributed by atoms with van der Waals surface area (Å²) in [7, 11) is 0. The number of aliphatic hydroxyl groups is 1. The minimum atomic E-state index is -5.00. The van der Waals surface area contributed by atoms with Crippen LogP contribution < -0.4 is 5.32 Å². The number of benzene rings is 2. The maximum Gasteiger partial charge on any atom is 0.420 e. The van der Waals surface area contributed by atoms with Gasteiger partial charge in [0.1, 0.15) is 5.82 Å². The number of halogens is 4. The molecule has 2 aromatic carbocycles. The topological polar surface area (TPSA) is 70.4 Å². The lowest BCUT2D eigenvalue weighted by Gasteiger charge is -2.35. The van der Waals surface area contributed by atoms with Gasteiger partial charge in [0.25, 0.3) is 5.91 Å². The molecule has 11 heteroatoms. The lowest BCUT2D eigenvalue weighted by molar-refractivity contribution is -0.257. The van der Waals surface area contributed by atoms with E-state index >= 15 is 0 Å². The first-order chi connectivity index (χ1) is 16.6. The minimum Gasteiger partial charge on any atom is -0.381 e. The summed E-state index contributed by atoms with van der Waals surface area (Å²) >= 11 is 1.12. The van der Waals surface area contributed by atoms with Crippen molar-refractivity contribution in [1.29, 1.82) is 0 Å². The zero-order valence-corrected chi connectivity index (χ0v) is 19.4. The van der Waals surface area contributed by atoms with Gasteiger partial charge in [0.15, 0.2) is 5.60 Å². The van der Waals surface area contributed by atoms with Crippen molar-refractivity contribution in [1.82, 2.24) is 14.7 Å². The Kier molecular flexibility index (Phi) is 6.82. The molecule has 35 heavy (non-hydrogen) atoms. The summed E-state index contributed by atoms with van der Waals surface area (Å²) in [6, 6.07) is 13.7. The van der Waals surface area contributed by atoms with Crippen LogP contribution in [0.25, 0.3) is 16.6 Å². The van der Waals surface area contributed by atoms with Gasteiger partial charge in [0, 0.05) is 17.6 Å². The number of alkyl halides is 3. The largest absolute Gasteiger partial charge is 0.420 e. The predicted octanol–water partition coefficient (Wildman–Crippen LogP) is 5.09.